The number of aldehydes is 1. The number of carbonyl (C=O) groups is 1. The zero-order valence-electron chi connectivity index (χ0n) is 18.4. The first-order valence-electron chi connectivity index (χ1n) is 11.3. The average molecular weight is 457 g/mol. The van der Waals surface area contributed by atoms with Gasteiger partial charge < -0.3 is 4.74 Å². The van der Waals surface area contributed by atoms with Crippen molar-refractivity contribution in [3.63, 3.8) is 0 Å². The highest BCUT2D eigenvalue weighted by atomic mass is 19.1. The Kier molecular flexibility index (Phi) is 5.74. The van der Waals surface area contributed by atoms with Crippen LogP contribution in [0, 0.1) is 11.6 Å². The third-order valence-corrected chi connectivity index (χ3v) is 6.95. The number of benzene rings is 1. The maximum absolute atomic E-state index is 14.0. The van der Waals surface area contributed by atoms with E-state index in [1.807, 2.05) is 6.08 Å². The molecule has 0 radical (unpaired) electrons. The summed E-state index contributed by atoms with van der Waals surface area (Å²) in [5.41, 5.74) is 2.67. The van der Waals surface area contributed by atoms with Gasteiger partial charge in [0.05, 0.1) is 24.0 Å². The van der Waals surface area contributed by atoms with E-state index < -0.39 is 24.0 Å². The summed E-state index contributed by atoms with van der Waals surface area (Å²) in [5.74, 6) is -1.26. The van der Waals surface area contributed by atoms with Gasteiger partial charge in [0.15, 0.2) is 0 Å². The van der Waals surface area contributed by atoms with Crippen molar-refractivity contribution in [2.24, 2.45) is 7.05 Å². The third kappa shape index (κ3) is 3.75. The highest BCUT2D eigenvalue weighted by Gasteiger charge is 2.51. The van der Waals surface area contributed by atoms with Gasteiger partial charge in [0.1, 0.15) is 30.3 Å². The number of nitrogens with zero attached hydrogens (tertiary/aromatic N) is 3. The van der Waals surface area contributed by atoms with Crippen LogP contribution in [0.5, 0.6) is 0 Å². The first kappa shape index (κ1) is 22.1. The lowest BCUT2D eigenvalue weighted by molar-refractivity contribution is -0.175. The summed E-state index contributed by atoms with van der Waals surface area (Å²) in [5, 5.41) is 4.80. The van der Waals surface area contributed by atoms with E-state index in [1.165, 1.54) is 12.1 Å². The molecule has 1 unspecified atom stereocenters. The lowest BCUT2D eigenvalue weighted by Crippen LogP contribution is -2.60. The highest BCUT2D eigenvalue weighted by molar-refractivity contribution is 5.75. The summed E-state index contributed by atoms with van der Waals surface area (Å²) < 4.78 is 49.0. The molecule has 3 heterocycles. The summed E-state index contributed by atoms with van der Waals surface area (Å²) in [6.07, 6.45) is 9.99. The summed E-state index contributed by atoms with van der Waals surface area (Å²) in [4.78, 5) is 13.8. The second-order valence-electron chi connectivity index (χ2n) is 8.98. The molecule has 174 valence electrons. The Morgan fingerprint density at radius 2 is 2.03 bits per heavy atom. The summed E-state index contributed by atoms with van der Waals surface area (Å²) >= 11 is 0. The number of carbonyl (C=O) groups excluding carboxylic acids is 1. The maximum atomic E-state index is 14.0. The molecule has 0 N–H and O–H groups in total. The Hall–Kier alpha value is -2.71. The molecule has 1 saturated heterocycles. The molecule has 1 aliphatic carbocycles. The van der Waals surface area contributed by atoms with Gasteiger partial charge in [0.2, 0.25) is 0 Å². The van der Waals surface area contributed by atoms with Gasteiger partial charge in [-0.2, -0.15) is 5.10 Å². The van der Waals surface area contributed by atoms with Crippen LogP contribution in [0.2, 0.25) is 0 Å². The molecular weight excluding hydrogens is 431 g/mol. The number of aromatic nitrogens is 2. The molecule has 3 aliphatic rings. The van der Waals surface area contributed by atoms with Gasteiger partial charge in [-0.25, -0.2) is 13.2 Å². The molecule has 2 bridgehead atoms. The number of allylic oxidation sites excluding steroid dienone is 2. The van der Waals surface area contributed by atoms with Crippen LogP contribution in [-0.4, -0.2) is 46.0 Å². The van der Waals surface area contributed by atoms with Crippen molar-refractivity contribution in [2.75, 3.05) is 13.3 Å². The van der Waals surface area contributed by atoms with Crippen LogP contribution in [0.15, 0.2) is 42.0 Å². The fourth-order valence-electron chi connectivity index (χ4n) is 5.85. The Bertz CT molecular complexity index is 1120. The Balaban J connectivity index is 1.60. The van der Waals surface area contributed by atoms with Crippen molar-refractivity contribution in [1.29, 1.82) is 0 Å². The average Bonchev–Trinajstić information content (AvgIpc) is 3.12. The minimum absolute atomic E-state index is 0.0628. The van der Waals surface area contributed by atoms with Gasteiger partial charge in [0.25, 0.3) is 0 Å². The van der Waals surface area contributed by atoms with Gasteiger partial charge in [-0.1, -0.05) is 12.2 Å². The Morgan fingerprint density at radius 3 is 2.76 bits per heavy atom. The van der Waals surface area contributed by atoms with Crippen molar-refractivity contribution in [3.8, 4) is 11.3 Å². The number of fused-ring (bicyclic) bond motifs is 4. The predicted octanol–water partition coefficient (Wildman–Crippen LogP) is 4.58. The second-order valence-corrected chi connectivity index (χ2v) is 8.98. The van der Waals surface area contributed by atoms with E-state index in [2.05, 4.69) is 4.90 Å². The molecule has 5 rings (SSSR count). The normalized spacial score (nSPS) is 26.7. The molecule has 5 nitrogen and oxygen atoms in total. The van der Waals surface area contributed by atoms with Crippen molar-refractivity contribution >= 4 is 6.29 Å². The minimum atomic E-state index is -0.937. The molecular formula is C25H26F3N3O2. The molecule has 33 heavy (non-hydrogen) atoms. The van der Waals surface area contributed by atoms with Crippen LogP contribution in [-0.2, 0) is 23.0 Å². The first-order chi connectivity index (χ1) is 16.0. The van der Waals surface area contributed by atoms with E-state index in [0.717, 1.165) is 42.9 Å². The SMILES string of the molecule is Cn1nc2c(c1-c1cc(F)cc(F)c1)C[C@H]1CCC[C@@H]2N1C1(OCCF)C=CC=C(C=O)C1. The molecule has 0 saturated carbocycles. The van der Waals surface area contributed by atoms with Crippen LogP contribution in [0.25, 0.3) is 11.3 Å². The molecule has 1 aromatic carbocycles. The molecule has 0 amide bonds. The Morgan fingerprint density at radius 1 is 1.24 bits per heavy atom. The number of aryl methyl sites for hydroxylation is 1. The standard InChI is InChI=1S/C25H26F3N3O2/c1-30-24(17-10-18(27)12-19(28)11-17)21-13-20-5-2-6-22(23(21)29-30)31(20)25(33-9-8-26)7-3-4-16(14-25)15-32/h3-4,7,10-12,15,20,22H,2,5-6,8-9,13-14H2,1H3/t20-,22+,25?/m1/s1. The number of alkyl halides is 1. The van der Waals surface area contributed by atoms with Crippen molar-refractivity contribution in [1.82, 2.24) is 14.7 Å². The molecule has 1 aromatic heterocycles. The summed E-state index contributed by atoms with van der Waals surface area (Å²) in [6.45, 7) is -0.696. The lowest BCUT2D eigenvalue weighted by Gasteiger charge is -2.54. The van der Waals surface area contributed by atoms with Crippen LogP contribution in [0.3, 0.4) is 0 Å². The molecule has 0 spiro atoms. The number of piperidine rings is 1. The molecule has 8 heteroatoms. The lowest BCUT2D eigenvalue weighted by atomic mass is 9.78. The third-order valence-electron chi connectivity index (χ3n) is 6.95. The van der Waals surface area contributed by atoms with Crippen LogP contribution in [0.4, 0.5) is 13.2 Å². The van der Waals surface area contributed by atoms with E-state index >= 15 is 0 Å². The largest absolute Gasteiger partial charge is 0.354 e. The topological polar surface area (TPSA) is 47.4 Å². The number of ether oxygens (including phenoxy) is 1. The van der Waals surface area contributed by atoms with Gasteiger partial charge in [-0.05, 0) is 49.5 Å². The Labute approximate surface area is 190 Å². The fourth-order valence-corrected chi connectivity index (χ4v) is 5.85. The summed E-state index contributed by atoms with van der Waals surface area (Å²) in [6, 6.07) is 3.48. The summed E-state index contributed by atoms with van der Waals surface area (Å²) in [7, 11) is 1.79. The van der Waals surface area contributed by atoms with E-state index in [9.17, 15) is 18.0 Å². The quantitative estimate of drug-likeness (QED) is 0.596. The highest BCUT2D eigenvalue weighted by Crippen LogP contribution is 2.50. The molecule has 2 aliphatic heterocycles. The van der Waals surface area contributed by atoms with E-state index in [-0.39, 0.29) is 18.7 Å². The number of hydrogen-bond acceptors (Lipinski definition) is 4. The second kappa shape index (κ2) is 8.57. The van der Waals surface area contributed by atoms with Crippen molar-refractivity contribution in [2.45, 2.75) is 49.9 Å². The van der Waals surface area contributed by atoms with E-state index in [0.29, 0.717) is 29.7 Å². The maximum Gasteiger partial charge on any atom is 0.146 e. The van der Waals surface area contributed by atoms with Gasteiger partial charge in [-0.3, -0.25) is 14.4 Å². The van der Waals surface area contributed by atoms with Gasteiger partial charge in [0, 0.05) is 36.7 Å². The molecule has 2 aromatic rings. The number of rotatable bonds is 6. The number of hydrogen-bond donors (Lipinski definition) is 0. The van der Waals surface area contributed by atoms with E-state index in [1.54, 1.807) is 23.9 Å². The van der Waals surface area contributed by atoms with E-state index in [4.69, 9.17) is 9.84 Å². The zero-order chi connectivity index (χ0) is 23.2. The smallest absolute Gasteiger partial charge is 0.146 e. The van der Waals surface area contributed by atoms with Crippen LogP contribution < -0.4 is 0 Å². The fraction of sp³-hybridized carbons (Fsp3) is 0.440. The van der Waals surface area contributed by atoms with Crippen molar-refractivity contribution < 1.29 is 22.7 Å². The van der Waals surface area contributed by atoms with Gasteiger partial charge >= 0.3 is 0 Å². The van der Waals surface area contributed by atoms with Crippen LogP contribution in [0.1, 0.15) is 43.0 Å². The molecule has 1 fully saturated rings. The minimum Gasteiger partial charge on any atom is -0.354 e. The van der Waals surface area contributed by atoms with Crippen LogP contribution >= 0.6 is 0 Å². The number of halogens is 3. The molecule has 3 atom stereocenters. The monoisotopic (exact) mass is 457 g/mol. The first-order valence-corrected chi connectivity index (χ1v) is 11.3. The van der Waals surface area contributed by atoms with Gasteiger partial charge in [-0.15, -0.1) is 0 Å². The predicted molar refractivity (Wildman–Crippen MR) is 117 cm³/mol. The van der Waals surface area contributed by atoms with Crippen molar-refractivity contribution in [3.05, 3.63) is 64.9 Å². The zero-order valence-corrected chi connectivity index (χ0v) is 18.4.